The Morgan fingerprint density at radius 1 is 0.552 bits per heavy atom. The fraction of sp³-hybridized carbons (Fsp3) is 0.729. The van der Waals surface area contributed by atoms with Crippen LogP contribution in [0.3, 0.4) is 0 Å². The Bertz CT molecular complexity index is 1130. The van der Waals surface area contributed by atoms with Crippen molar-refractivity contribution in [2.45, 2.75) is 193 Å². The van der Waals surface area contributed by atoms with Crippen molar-refractivity contribution >= 4 is 13.8 Å². The summed E-state index contributed by atoms with van der Waals surface area (Å²) in [5.41, 5.74) is 0. The van der Waals surface area contributed by atoms with Gasteiger partial charge in [0, 0.05) is 13.0 Å². The summed E-state index contributed by atoms with van der Waals surface area (Å²) in [4.78, 5) is 22.6. The second kappa shape index (κ2) is 44.5. The summed E-state index contributed by atoms with van der Waals surface area (Å²) in [6, 6.07) is 0. The number of aliphatic hydroxyl groups is 2. The minimum absolute atomic E-state index is 0.0336. The lowest BCUT2D eigenvalue weighted by atomic mass is 10.1. The van der Waals surface area contributed by atoms with Crippen LogP contribution in [0.5, 0.6) is 0 Å². The zero-order valence-corrected chi connectivity index (χ0v) is 37.6. The molecular formula is C48H85O9P. The third kappa shape index (κ3) is 43.5. The summed E-state index contributed by atoms with van der Waals surface area (Å²) in [7, 11) is -4.53. The Kier molecular flexibility index (Phi) is 42.8. The fourth-order valence-corrected chi connectivity index (χ4v) is 6.70. The summed E-state index contributed by atoms with van der Waals surface area (Å²) in [6.45, 7) is 3.35. The number of phosphoric acid groups is 1. The molecule has 10 heteroatoms. The number of ether oxygens (including phenoxy) is 2. The average Bonchev–Trinajstić information content (AvgIpc) is 3.21. The number of aliphatic hydroxyl groups excluding tert-OH is 2. The van der Waals surface area contributed by atoms with Gasteiger partial charge in [0.15, 0.2) is 0 Å². The molecular weight excluding hydrogens is 751 g/mol. The number of unbranched alkanes of at least 4 members (excludes halogenated alkanes) is 17. The monoisotopic (exact) mass is 837 g/mol. The lowest BCUT2D eigenvalue weighted by Crippen LogP contribution is -2.29. The van der Waals surface area contributed by atoms with Gasteiger partial charge in [0.25, 0.3) is 0 Å². The lowest BCUT2D eigenvalue weighted by Gasteiger charge is -2.20. The molecule has 0 rings (SSSR count). The van der Waals surface area contributed by atoms with E-state index < -0.39 is 45.8 Å². The van der Waals surface area contributed by atoms with Crippen LogP contribution in [0.25, 0.3) is 0 Å². The van der Waals surface area contributed by atoms with Crippen molar-refractivity contribution in [1.82, 2.24) is 0 Å². The van der Waals surface area contributed by atoms with Crippen LogP contribution in [0, 0.1) is 0 Å². The van der Waals surface area contributed by atoms with E-state index in [2.05, 4.69) is 86.8 Å². The molecule has 0 aromatic heterocycles. The van der Waals surface area contributed by atoms with Gasteiger partial charge in [0.05, 0.1) is 26.4 Å². The molecule has 3 unspecified atom stereocenters. The fourth-order valence-electron chi connectivity index (χ4n) is 5.91. The van der Waals surface area contributed by atoms with Crippen LogP contribution in [0.4, 0.5) is 0 Å². The standard InChI is InChI=1S/C48H85O9P/c1-3-5-7-9-11-13-15-17-19-21-22-23-24-25-26-28-30-32-34-36-38-40-48(51)57-47(45-56-58(52,53)55-43-46(50)42-49)44-54-41-39-37-35-33-31-29-27-20-18-16-14-12-10-8-6-4-2/h5,7,11,13,17-20,22-23,25-26,46-47,49-50H,3-4,6,8-10,12,14-16,21,24,27-45H2,1-2H3,(H,52,53)/b7-5-,13-11-,19-17-,20-18-,23-22-,26-25-. The molecule has 0 amide bonds. The summed E-state index contributed by atoms with van der Waals surface area (Å²) < 4.78 is 33.4. The molecule has 0 heterocycles. The predicted molar refractivity (Wildman–Crippen MR) is 242 cm³/mol. The SMILES string of the molecule is CC/C=C\C/C=C\C/C=C\C/C=C\C/C=C\CCCCCCCC(=O)OC(COCCCCCCCC/C=C\CCCCCCCC)COP(=O)(O)OCC(O)CO. The van der Waals surface area contributed by atoms with Crippen molar-refractivity contribution < 1.29 is 43.0 Å². The first-order valence-corrected chi connectivity index (χ1v) is 24.4. The molecule has 58 heavy (non-hydrogen) atoms. The van der Waals surface area contributed by atoms with E-state index in [1.54, 1.807) is 0 Å². The summed E-state index contributed by atoms with van der Waals surface area (Å²) in [5, 5.41) is 18.4. The summed E-state index contributed by atoms with van der Waals surface area (Å²) in [5.74, 6) is -0.405. The number of allylic oxidation sites excluding steroid dienone is 12. The van der Waals surface area contributed by atoms with Gasteiger partial charge in [-0.15, -0.1) is 0 Å². The second-order valence-electron chi connectivity index (χ2n) is 15.0. The molecule has 9 nitrogen and oxygen atoms in total. The van der Waals surface area contributed by atoms with Crippen molar-refractivity contribution in [3.63, 3.8) is 0 Å². The highest BCUT2D eigenvalue weighted by Gasteiger charge is 2.26. The Balaban J connectivity index is 4.21. The van der Waals surface area contributed by atoms with Gasteiger partial charge in [-0.3, -0.25) is 13.8 Å². The molecule has 0 aromatic rings. The quantitative estimate of drug-likeness (QED) is 0.0238. The van der Waals surface area contributed by atoms with Crippen LogP contribution >= 0.6 is 7.82 Å². The Morgan fingerprint density at radius 3 is 1.50 bits per heavy atom. The number of hydrogen-bond acceptors (Lipinski definition) is 8. The number of rotatable bonds is 43. The molecule has 0 bridgehead atoms. The van der Waals surface area contributed by atoms with Crippen LogP contribution < -0.4 is 0 Å². The molecule has 336 valence electrons. The largest absolute Gasteiger partial charge is 0.472 e. The maximum absolute atomic E-state index is 12.6. The Morgan fingerprint density at radius 2 is 0.983 bits per heavy atom. The van der Waals surface area contributed by atoms with Gasteiger partial charge in [-0.1, -0.05) is 164 Å². The van der Waals surface area contributed by atoms with Gasteiger partial charge in [0.2, 0.25) is 0 Å². The maximum Gasteiger partial charge on any atom is 0.472 e. The molecule has 0 aromatic carbocycles. The van der Waals surface area contributed by atoms with Crippen LogP contribution in [0.15, 0.2) is 72.9 Å². The van der Waals surface area contributed by atoms with E-state index in [0.717, 1.165) is 89.9 Å². The topological polar surface area (TPSA) is 132 Å². The van der Waals surface area contributed by atoms with E-state index >= 15 is 0 Å². The summed E-state index contributed by atoms with van der Waals surface area (Å²) >= 11 is 0. The van der Waals surface area contributed by atoms with Gasteiger partial charge >= 0.3 is 13.8 Å². The third-order valence-electron chi connectivity index (χ3n) is 9.38. The first-order chi connectivity index (χ1) is 28.3. The molecule has 0 aliphatic carbocycles. The predicted octanol–water partition coefficient (Wildman–Crippen LogP) is 12.9. The van der Waals surface area contributed by atoms with E-state index in [0.29, 0.717) is 13.0 Å². The van der Waals surface area contributed by atoms with Gasteiger partial charge in [0.1, 0.15) is 12.2 Å². The smallest absolute Gasteiger partial charge is 0.457 e. The molecule has 3 atom stereocenters. The number of esters is 1. The van der Waals surface area contributed by atoms with Gasteiger partial charge in [-0.25, -0.2) is 4.57 Å². The van der Waals surface area contributed by atoms with E-state index in [-0.39, 0.29) is 13.0 Å². The number of phosphoric ester groups is 1. The van der Waals surface area contributed by atoms with E-state index in [1.165, 1.54) is 64.2 Å². The van der Waals surface area contributed by atoms with Crippen molar-refractivity contribution in [3.05, 3.63) is 72.9 Å². The van der Waals surface area contributed by atoms with Crippen molar-refractivity contribution in [2.24, 2.45) is 0 Å². The third-order valence-corrected chi connectivity index (χ3v) is 10.3. The molecule has 0 aliphatic heterocycles. The second-order valence-corrected chi connectivity index (χ2v) is 16.5. The maximum atomic E-state index is 12.6. The molecule has 0 radical (unpaired) electrons. The number of carbonyl (C=O) groups is 1. The highest BCUT2D eigenvalue weighted by atomic mass is 31.2. The average molecular weight is 837 g/mol. The van der Waals surface area contributed by atoms with Gasteiger partial charge in [-0.05, 0) is 83.5 Å². The molecule has 0 saturated heterocycles. The van der Waals surface area contributed by atoms with Crippen LogP contribution in [-0.4, -0.2) is 66.3 Å². The molecule has 0 saturated carbocycles. The van der Waals surface area contributed by atoms with Crippen molar-refractivity contribution in [2.75, 3.05) is 33.0 Å². The van der Waals surface area contributed by atoms with E-state index in [1.807, 2.05) is 0 Å². The van der Waals surface area contributed by atoms with Crippen molar-refractivity contribution in [1.29, 1.82) is 0 Å². The number of carbonyl (C=O) groups excluding carboxylic acids is 1. The Labute approximate surface area is 354 Å². The van der Waals surface area contributed by atoms with Crippen LogP contribution in [0.1, 0.15) is 181 Å². The van der Waals surface area contributed by atoms with Crippen LogP contribution in [-0.2, 0) is 27.9 Å². The molecule has 0 aliphatic rings. The first-order valence-electron chi connectivity index (χ1n) is 22.9. The summed E-state index contributed by atoms with van der Waals surface area (Å²) in [6.07, 6.45) is 52.8. The number of hydrogen-bond donors (Lipinski definition) is 3. The minimum atomic E-state index is -4.53. The minimum Gasteiger partial charge on any atom is -0.457 e. The highest BCUT2D eigenvalue weighted by Crippen LogP contribution is 2.43. The van der Waals surface area contributed by atoms with Gasteiger partial charge in [-0.2, -0.15) is 0 Å². The zero-order valence-electron chi connectivity index (χ0n) is 36.7. The lowest BCUT2D eigenvalue weighted by molar-refractivity contribution is -0.154. The molecule has 0 spiro atoms. The zero-order chi connectivity index (χ0) is 42.5. The van der Waals surface area contributed by atoms with Crippen molar-refractivity contribution in [3.8, 4) is 0 Å². The normalized spacial score (nSPS) is 14.6. The van der Waals surface area contributed by atoms with E-state index in [9.17, 15) is 19.4 Å². The molecule has 3 N–H and O–H groups in total. The van der Waals surface area contributed by atoms with Gasteiger partial charge < -0.3 is 24.6 Å². The first kappa shape index (κ1) is 55.9. The highest BCUT2D eigenvalue weighted by molar-refractivity contribution is 7.47. The van der Waals surface area contributed by atoms with E-state index in [4.69, 9.17) is 23.6 Å². The molecule has 0 fully saturated rings. The Hall–Kier alpha value is -2.10. The van der Waals surface area contributed by atoms with Crippen LogP contribution in [0.2, 0.25) is 0 Å².